The van der Waals surface area contributed by atoms with Crippen LogP contribution in [-0.4, -0.2) is 309 Å². The van der Waals surface area contributed by atoms with E-state index in [0.29, 0.717) is 12.1 Å². The van der Waals surface area contributed by atoms with E-state index in [1.54, 1.807) is 0 Å². The quantitative estimate of drug-likeness (QED) is 0.00915. The number of fused-ring (bicyclic) bond motifs is 1. The van der Waals surface area contributed by atoms with Crippen molar-refractivity contribution in [2.75, 3.05) is 19.8 Å². The highest BCUT2D eigenvalue weighted by atomic mass is 16.8. The van der Waals surface area contributed by atoms with Gasteiger partial charge in [-0.1, -0.05) is 12.1 Å². The van der Waals surface area contributed by atoms with Crippen LogP contribution in [0.1, 0.15) is 34.8 Å². The molecule has 5 aliphatic rings. The standard InChI is InChI=1S/C64H68O42/c65-17-34-42(77)47(82)56(103-38(73)8-4-21-2-6-26(67)29(70)10-21)64(100-34)106-57-48(83)44(79)36(19-95-39(74)16-40(75)104-55(60(92)93)52(87)58(88)89)102-63(57)99-33-15-24-27(68)13-23(96-61-50(85)45(80)43(78)35(101-61)18-94-37(72)7-3-20-1-5-25(66)28(69)9-20)14-31(24)97-53(33)22-11-30(71)41(76)32(12-22)98-62-51(86)46(81)49(84)54(105-62)59(90)91/h1-15,34-36,42-57,61-71,76-87H,16-19H2,(H,88,89)(H,90,91)(H,92,93)/b7-3+,8-4+/t34-,35-,36-,42-,43-,44+,45+,46+,47+,48+,49+,50-,51-,52+,53?,54+,55-,56-,57-,61-,62-,63-,64+/m1/s1. The summed E-state index contributed by atoms with van der Waals surface area (Å²) < 4.78 is 73.0. The number of aliphatic carboxylic acids is 3. The molecule has 0 amide bonds. The van der Waals surface area contributed by atoms with Gasteiger partial charge in [-0.3, -0.25) is 9.59 Å². The number of rotatable bonds is 26. The fraction of sp³-hybridized carbons (Fsp3) is 0.422. The van der Waals surface area contributed by atoms with Gasteiger partial charge < -0.3 is 174 Å². The molecule has 0 saturated carbocycles. The van der Waals surface area contributed by atoms with Crippen LogP contribution >= 0.6 is 0 Å². The van der Waals surface area contributed by atoms with Gasteiger partial charge >= 0.3 is 41.8 Å². The Labute approximate surface area is 591 Å². The van der Waals surface area contributed by atoms with Crippen molar-refractivity contribution in [3.8, 4) is 57.5 Å². The van der Waals surface area contributed by atoms with Gasteiger partial charge in [-0.05, 0) is 65.8 Å². The van der Waals surface area contributed by atoms with E-state index in [-0.39, 0.29) is 11.1 Å². The summed E-state index contributed by atoms with van der Waals surface area (Å²) in [5.74, 6) is -20.4. The molecular weight excluding hydrogens is 1440 g/mol. The number of esters is 4. The predicted octanol–water partition coefficient (Wildman–Crippen LogP) is -5.90. The summed E-state index contributed by atoms with van der Waals surface area (Å²) in [4.78, 5) is 87.0. The first-order valence-corrected chi connectivity index (χ1v) is 31.0. The zero-order valence-electron chi connectivity index (χ0n) is 53.8. The lowest BCUT2D eigenvalue weighted by atomic mass is 9.96. The molecule has 0 spiro atoms. The summed E-state index contributed by atoms with van der Waals surface area (Å²) in [5.41, 5.74) is -0.699. The molecule has 4 aromatic carbocycles. The normalized spacial score (nSPS) is 30.6. The summed E-state index contributed by atoms with van der Waals surface area (Å²) >= 11 is 0. The maximum Gasteiger partial charge on any atom is 0.348 e. The Morgan fingerprint density at radius 2 is 1.06 bits per heavy atom. The number of phenols is 7. The van der Waals surface area contributed by atoms with E-state index in [2.05, 4.69) is 4.74 Å². The van der Waals surface area contributed by atoms with Crippen LogP contribution in [-0.2, 0) is 80.9 Å². The molecule has 4 aromatic rings. The molecule has 23 atom stereocenters. The Bertz CT molecular complexity index is 3990. The summed E-state index contributed by atoms with van der Waals surface area (Å²) in [5, 5.41) is 233. The van der Waals surface area contributed by atoms with Gasteiger partial charge in [-0.15, -0.1) is 0 Å². The Hall–Kier alpha value is -10.5. The lowest BCUT2D eigenvalue weighted by Crippen LogP contribution is -2.65. The summed E-state index contributed by atoms with van der Waals surface area (Å²) in [7, 11) is 0. The fourth-order valence-corrected chi connectivity index (χ4v) is 10.8. The van der Waals surface area contributed by atoms with Gasteiger partial charge in [-0.2, -0.15) is 0 Å². The molecule has 42 heteroatoms. The average molecular weight is 1510 g/mol. The van der Waals surface area contributed by atoms with Crippen molar-refractivity contribution in [1.29, 1.82) is 0 Å². The van der Waals surface area contributed by atoms with Gasteiger partial charge in [0.25, 0.3) is 0 Å². The van der Waals surface area contributed by atoms with Crippen LogP contribution in [0.4, 0.5) is 0 Å². The number of hydrogen-bond acceptors (Lipinski definition) is 39. The Morgan fingerprint density at radius 3 is 1.65 bits per heavy atom. The largest absolute Gasteiger partial charge is 0.507 e. The number of aromatic hydroxyl groups is 7. The SMILES string of the molecule is O=C(/C=C/c1ccc(O)c(O)c1)OC[C@H]1O[C@@H](Oc2cc(O)c3c(c2)OC(c2cc(O)c(O)c(O[C@@H]4O[C@H](C(=O)O)[C@@H](O)[C@H](O)[C@H]4O)c2)C(O[C@@H]2O[C@H](COC(=O)CC(=O)O[C@@H](C(=O)O)[C@H](O)C(=O)O)[C@H](O)[C@H](O)[C@H]2O[C@@H]2O[C@H](CO)[C@@H](O)[C@H](O)[C@H]2OC(=O)/C=C/c2ccc(O)c(O)c2)=C3)[C@H](O)[C@@H](O)[C@@H]1O. The molecule has 1 unspecified atom stereocenters. The highest BCUT2D eigenvalue weighted by Crippen LogP contribution is 2.49. The van der Waals surface area contributed by atoms with Crippen LogP contribution in [0.25, 0.3) is 18.2 Å². The van der Waals surface area contributed by atoms with Crippen molar-refractivity contribution in [2.24, 2.45) is 0 Å². The third-order valence-corrected chi connectivity index (χ3v) is 16.5. The van der Waals surface area contributed by atoms with Gasteiger partial charge in [0.1, 0.15) is 122 Å². The van der Waals surface area contributed by atoms with Crippen LogP contribution in [0.3, 0.4) is 0 Å². The lowest BCUT2D eigenvalue weighted by molar-refractivity contribution is -0.364. The Balaban J connectivity index is 1.09. The number of carbonyl (C=O) groups is 7. The fourth-order valence-electron chi connectivity index (χ4n) is 10.8. The number of hydrogen-bond donors (Lipinski definition) is 22. The highest BCUT2D eigenvalue weighted by Gasteiger charge is 2.55. The summed E-state index contributed by atoms with van der Waals surface area (Å²) in [6, 6.07) is 10.1. The molecular formula is C64H68O42. The zero-order valence-corrected chi connectivity index (χ0v) is 53.8. The molecule has 5 heterocycles. The summed E-state index contributed by atoms with van der Waals surface area (Å²) in [6.07, 6.45) is -49.0. The zero-order chi connectivity index (χ0) is 77.6. The molecule has 0 bridgehead atoms. The van der Waals surface area contributed by atoms with Crippen molar-refractivity contribution < 1.29 is 207 Å². The number of carboxylic acid groups (broad SMARTS) is 3. The maximum atomic E-state index is 13.5. The second kappa shape index (κ2) is 33.7. The van der Waals surface area contributed by atoms with Crippen LogP contribution in [0.15, 0.2) is 78.6 Å². The van der Waals surface area contributed by atoms with Crippen molar-refractivity contribution in [1.82, 2.24) is 0 Å². The molecule has 5 aliphatic heterocycles. The van der Waals surface area contributed by atoms with E-state index in [1.807, 2.05) is 0 Å². The van der Waals surface area contributed by atoms with E-state index >= 15 is 0 Å². The molecule has 576 valence electrons. The minimum absolute atomic E-state index is 0.0770. The van der Waals surface area contributed by atoms with Crippen LogP contribution < -0.4 is 14.2 Å². The second-order valence-corrected chi connectivity index (χ2v) is 23.8. The third kappa shape index (κ3) is 18.2. The third-order valence-electron chi connectivity index (χ3n) is 16.5. The molecule has 4 fully saturated rings. The van der Waals surface area contributed by atoms with Crippen LogP contribution in [0.5, 0.6) is 57.5 Å². The molecule has 22 N–H and O–H groups in total. The van der Waals surface area contributed by atoms with Crippen molar-refractivity contribution in [2.45, 2.75) is 148 Å². The molecule has 0 aromatic heterocycles. The number of aliphatic hydroxyl groups is 12. The van der Waals surface area contributed by atoms with Crippen LogP contribution in [0.2, 0.25) is 0 Å². The maximum absolute atomic E-state index is 13.5. The Morgan fingerprint density at radius 1 is 0.500 bits per heavy atom. The minimum atomic E-state index is -2.85. The second-order valence-electron chi connectivity index (χ2n) is 23.8. The average Bonchev–Trinajstić information content (AvgIpc) is 0.767. The van der Waals surface area contributed by atoms with Gasteiger partial charge in [0.15, 0.2) is 71.3 Å². The van der Waals surface area contributed by atoms with Gasteiger partial charge in [0.2, 0.25) is 30.7 Å². The number of aliphatic hydroxyl groups excluding tert-OH is 12. The molecule has 106 heavy (non-hydrogen) atoms. The number of carbonyl (C=O) groups excluding carboxylic acids is 4. The first-order chi connectivity index (χ1) is 50.0. The number of benzene rings is 4. The number of phenolic OH excluding ortho intramolecular Hbond substituents is 7. The van der Waals surface area contributed by atoms with E-state index in [9.17, 15) is 141 Å². The van der Waals surface area contributed by atoms with Crippen molar-refractivity contribution >= 4 is 60.0 Å². The van der Waals surface area contributed by atoms with Crippen molar-refractivity contribution in [3.05, 3.63) is 101 Å². The van der Waals surface area contributed by atoms with Crippen molar-refractivity contribution in [3.63, 3.8) is 0 Å². The first kappa shape index (κ1) is 79.6. The Kier molecular flexibility index (Phi) is 25.3. The monoisotopic (exact) mass is 1510 g/mol. The smallest absolute Gasteiger partial charge is 0.348 e. The first-order valence-electron chi connectivity index (χ1n) is 31.0. The number of ether oxygens (including phenoxy) is 13. The van der Waals surface area contributed by atoms with Gasteiger partial charge in [-0.25, -0.2) is 24.0 Å². The molecule has 0 radical (unpaired) electrons. The number of carboxylic acids is 3. The molecule has 42 nitrogen and oxygen atoms in total. The molecule has 0 aliphatic carbocycles. The summed E-state index contributed by atoms with van der Waals surface area (Å²) in [6.45, 7) is -3.25. The van der Waals surface area contributed by atoms with Crippen LogP contribution in [0, 0.1) is 0 Å². The van der Waals surface area contributed by atoms with Gasteiger partial charge in [0.05, 0.1) is 12.2 Å². The van der Waals surface area contributed by atoms with E-state index < -0.39 is 284 Å². The van der Waals surface area contributed by atoms with E-state index in [0.717, 1.165) is 60.7 Å². The van der Waals surface area contributed by atoms with E-state index in [1.165, 1.54) is 18.2 Å². The predicted molar refractivity (Wildman–Crippen MR) is 331 cm³/mol. The van der Waals surface area contributed by atoms with E-state index in [4.69, 9.17) is 61.9 Å². The minimum Gasteiger partial charge on any atom is -0.507 e. The van der Waals surface area contributed by atoms with Gasteiger partial charge in [0, 0.05) is 29.8 Å². The lowest BCUT2D eigenvalue weighted by Gasteiger charge is -2.47. The highest BCUT2D eigenvalue weighted by molar-refractivity contribution is 5.93. The molecule has 4 saturated heterocycles. The molecule has 9 rings (SSSR count). The topological polar surface area (TPSA) is 685 Å².